The van der Waals surface area contributed by atoms with Gasteiger partial charge in [-0.25, -0.2) is 4.39 Å². The largest absolute Gasteiger partial charge is 0.460 e. The van der Waals surface area contributed by atoms with Crippen LogP contribution in [0.3, 0.4) is 0 Å². The minimum atomic E-state index is -6.44. The third-order valence-electron chi connectivity index (χ3n) is 3.05. The van der Waals surface area contributed by atoms with Gasteiger partial charge >= 0.3 is 17.4 Å². The Morgan fingerprint density at radius 1 is 0.885 bits per heavy atom. The standard InChI is InChI=1S/C15H5Br2F8S/c16-8-5-10(17)12(7-1-3-9(18)4-2-7)11(6-8)26-15(24,25)13(19,20)14(21,22)23/h1-4,6H. The fourth-order valence-electron chi connectivity index (χ4n) is 1.83. The second-order valence-electron chi connectivity index (χ2n) is 4.87. The lowest BCUT2D eigenvalue weighted by atomic mass is 10.1. The van der Waals surface area contributed by atoms with Crippen LogP contribution in [0.15, 0.2) is 44.2 Å². The van der Waals surface area contributed by atoms with Gasteiger partial charge in [-0.2, -0.15) is 30.7 Å². The summed E-state index contributed by atoms with van der Waals surface area (Å²) in [6.07, 6.45) is -6.44. The Balaban J connectivity index is 2.58. The Labute approximate surface area is 163 Å². The van der Waals surface area contributed by atoms with Gasteiger partial charge < -0.3 is 0 Å². The molecule has 2 rings (SSSR count). The average molecular weight is 529 g/mol. The molecule has 0 fully saturated rings. The van der Waals surface area contributed by atoms with Gasteiger partial charge in [0.15, 0.2) is 0 Å². The van der Waals surface area contributed by atoms with E-state index in [2.05, 4.69) is 37.9 Å². The minimum Gasteiger partial charge on any atom is -0.207 e. The number of halogens is 10. The van der Waals surface area contributed by atoms with Crippen molar-refractivity contribution >= 4 is 43.6 Å². The van der Waals surface area contributed by atoms with E-state index in [-0.39, 0.29) is 20.1 Å². The van der Waals surface area contributed by atoms with Crippen LogP contribution in [0.2, 0.25) is 0 Å². The van der Waals surface area contributed by atoms with Crippen molar-refractivity contribution in [2.45, 2.75) is 22.2 Å². The van der Waals surface area contributed by atoms with Crippen molar-refractivity contribution in [2.24, 2.45) is 0 Å². The molecule has 0 bridgehead atoms. The van der Waals surface area contributed by atoms with Gasteiger partial charge in [0.1, 0.15) is 5.82 Å². The molecule has 0 unspecified atom stereocenters. The van der Waals surface area contributed by atoms with Gasteiger partial charge in [0, 0.05) is 25.5 Å². The van der Waals surface area contributed by atoms with E-state index < -0.39 is 39.8 Å². The highest BCUT2D eigenvalue weighted by Gasteiger charge is 2.73. The zero-order valence-electron chi connectivity index (χ0n) is 12.1. The van der Waals surface area contributed by atoms with Gasteiger partial charge in [0.05, 0.1) is 0 Å². The number of rotatable bonds is 4. The summed E-state index contributed by atoms with van der Waals surface area (Å²) in [5, 5.41) is -5.49. The molecule has 0 amide bonds. The van der Waals surface area contributed by atoms with E-state index in [0.29, 0.717) is 0 Å². The average Bonchev–Trinajstić information content (AvgIpc) is 2.46. The summed E-state index contributed by atoms with van der Waals surface area (Å²) in [5.74, 6) is -6.91. The second-order valence-corrected chi connectivity index (χ2v) is 7.67. The fourth-order valence-corrected chi connectivity index (χ4v) is 4.48. The van der Waals surface area contributed by atoms with E-state index in [9.17, 15) is 35.1 Å². The van der Waals surface area contributed by atoms with Crippen molar-refractivity contribution in [1.82, 2.24) is 0 Å². The molecule has 0 aromatic heterocycles. The number of alkyl halides is 7. The quantitative estimate of drug-likeness (QED) is 0.289. The Kier molecular flexibility index (Phi) is 6.04. The van der Waals surface area contributed by atoms with Crippen molar-refractivity contribution in [3.8, 4) is 11.1 Å². The molecule has 0 N–H and O–H groups in total. The third-order valence-corrected chi connectivity index (χ3v) is 5.12. The number of hydrogen-bond donors (Lipinski definition) is 0. The van der Waals surface area contributed by atoms with E-state index in [0.717, 1.165) is 18.2 Å². The van der Waals surface area contributed by atoms with Crippen molar-refractivity contribution in [1.29, 1.82) is 0 Å². The molecular weight excluding hydrogens is 524 g/mol. The van der Waals surface area contributed by atoms with Crippen LogP contribution in [0.1, 0.15) is 0 Å². The minimum absolute atomic E-state index is 0.0205. The SMILES string of the molecule is Fc1ccc(-c2c(Br)[c]c(Br)cc2SC(F)(F)C(F)(F)C(F)(F)F)cc1. The summed E-state index contributed by atoms with van der Waals surface area (Å²) in [5.41, 5.74) is -0.00787. The van der Waals surface area contributed by atoms with Gasteiger partial charge in [-0.1, -0.05) is 28.1 Å². The van der Waals surface area contributed by atoms with Crippen LogP contribution in [0.4, 0.5) is 35.1 Å². The second kappa shape index (κ2) is 7.31. The van der Waals surface area contributed by atoms with Crippen LogP contribution in [0.5, 0.6) is 0 Å². The molecule has 0 aliphatic heterocycles. The zero-order valence-corrected chi connectivity index (χ0v) is 16.1. The molecular formula is C15H5Br2F8S. The van der Waals surface area contributed by atoms with Crippen molar-refractivity contribution in [3.05, 3.63) is 51.2 Å². The number of benzene rings is 2. The van der Waals surface area contributed by atoms with Gasteiger partial charge in [-0.05, 0) is 51.5 Å². The molecule has 141 valence electrons. The molecule has 26 heavy (non-hydrogen) atoms. The predicted molar refractivity (Wildman–Crippen MR) is 87.9 cm³/mol. The first-order chi connectivity index (χ1) is 11.8. The first-order valence-electron chi connectivity index (χ1n) is 6.45. The highest BCUT2D eigenvalue weighted by atomic mass is 79.9. The van der Waals surface area contributed by atoms with Crippen LogP contribution in [0.25, 0.3) is 11.1 Å². The summed E-state index contributed by atoms with van der Waals surface area (Å²) in [4.78, 5) is -0.581. The third kappa shape index (κ3) is 4.19. The van der Waals surface area contributed by atoms with Crippen LogP contribution in [0, 0.1) is 11.9 Å². The molecule has 0 saturated carbocycles. The predicted octanol–water partition coefficient (Wildman–Crippen LogP) is 7.70. The van der Waals surface area contributed by atoms with E-state index in [1.165, 1.54) is 12.1 Å². The Morgan fingerprint density at radius 2 is 1.42 bits per heavy atom. The number of hydrogen-bond acceptors (Lipinski definition) is 1. The Morgan fingerprint density at radius 3 is 1.92 bits per heavy atom. The van der Waals surface area contributed by atoms with Gasteiger partial charge in [0.2, 0.25) is 0 Å². The monoisotopic (exact) mass is 527 g/mol. The van der Waals surface area contributed by atoms with Crippen molar-refractivity contribution in [3.63, 3.8) is 0 Å². The van der Waals surface area contributed by atoms with E-state index in [4.69, 9.17) is 0 Å². The summed E-state index contributed by atoms with van der Waals surface area (Å²) in [7, 11) is 0. The summed E-state index contributed by atoms with van der Waals surface area (Å²) >= 11 is 4.98. The zero-order chi connectivity index (χ0) is 19.9. The molecule has 0 saturated heterocycles. The summed E-state index contributed by atoms with van der Waals surface area (Å²) < 4.78 is 104. The molecule has 0 nitrogen and oxygen atoms in total. The first-order valence-corrected chi connectivity index (χ1v) is 8.85. The molecule has 0 aliphatic carbocycles. The van der Waals surface area contributed by atoms with Crippen LogP contribution in [-0.4, -0.2) is 17.4 Å². The molecule has 0 heterocycles. The smallest absolute Gasteiger partial charge is 0.207 e. The molecule has 11 heteroatoms. The number of thioether (sulfide) groups is 1. The molecule has 2 aromatic carbocycles. The van der Waals surface area contributed by atoms with Crippen LogP contribution >= 0.6 is 43.6 Å². The maximum atomic E-state index is 13.8. The van der Waals surface area contributed by atoms with Crippen LogP contribution < -0.4 is 0 Å². The lowest BCUT2D eigenvalue weighted by molar-refractivity contribution is -0.330. The maximum absolute atomic E-state index is 13.8. The maximum Gasteiger partial charge on any atom is 0.460 e. The van der Waals surface area contributed by atoms with Gasteiger partial charge in [-0.15, -0.1) is 0 Å². The summed E-state index contributed by atoms with van der Waals surface area (Å²) in [6, 6.07) is 7.85. The molecule has 1 radical (unpaired) electrons. The molecule has 0 aliphatic rings. The van der Waals surface area contributed by atoms with Crippen molar-refractivity contribution < 1.29 is 35.1 Å². The summed E-state index contributed by atoms with van der Waals surface area (Å²) in [6.45, 7) is 0. The van der Waals surface area contributed by atoms with Crippen LogP contribution in [-0.2, 0) is 0 Å². The molecule has 0 spiro atoms. The highest BCUT2D eigenvalue weighted by Crippen LogP contribution is 2.55. The Bertz CT molecular complexity index is 803. The Hall–Kier alpha value is -0.810. The molecule has 0 atom stereocenters. The highest BCUT2D eigenvalue weighted by molar-refractivity contribution is 9.11. The normalized spacial score (nSPS) is 13.2. The fraction of sp³-hybridized carbons (Fsp3) is 0.200. The first kappa shape index (κ1) is 21.5. The van der Waals surface area contributed by atoms with Gasteiger partial charge in [-0.3, -0.25) is 0 Å². The van der Waals surface area contributed by atoms with E-state index in [1.807, 2.05) is 0 Å². The van der Waals surface area contributed by atoms with E-state index >= 15 is 0 Å². The lowest BCUT2D eigenvalue weighted by Crippen LogP contribution is -2.49. The van der Waals surface area contributed by atoms with Crippen molar-refractivity contribution in [2.75, 3.05) is 0 Å². The molecule has 2 aromatic rings. The topological polar surface area (TPSA) is 0 Å². The lowest BCUT2D eigenvalue weighted by Gasteiger charge is -2.28. The van der Waals surface area contributed by atoms with Gasteiger partial charge in [0.25, 0.3) is 0 Å². The van der Waals surface area contributed by atoms with E-state index in [1.54, 1.807) is 0 Å².